The average molecular weight is 317 g/mol. The van der Waals surface area contributed by atoms with E-state index in [1.54, 1.807) is 0 Å². The van der Waals surface area contributed by atoms with Crippen LogP contribution < -0.4 is 5.32 Å². The van der Waals surface area contributed by atoms with Crippen molar-refractivity contribution < 1.29 is 0 Å². The van der Waals surface area contributed by atoms with Gasteiger partial charge in [-0.1, -0.05) is 44.4 Å². The van der Waals surface area contributed by atoms with Crippen LogP contribution in [0.4, 0.5) is 0 Å². The zero-order chi connectivity index (χ0) is 15.5. The van der Waals surface area contributed by atoms with Gasteiger partial charge in [-0.15, -0.1) is 0 Å². The van der Waals surface area contributed by atoms with Crippen LogP contribution in [0.2, 0.25) is 5.02 Å². The first-order valence-electron chi connectivity index (χ1n) is 8.45. The molecule has 0 bridgehead atoms. The van der Waals surface area contributed by atoms with Gasteiger partial charge in [-0.25, -0.2) is 0 Å². The molecular formula is C19H25ClN2. The topological polar surface area (TPSA) is 27.8 Å². The Morgan fingerprint density at radius 3 is 2.82 bits per heavy atom. The quantitative estimate of drug-likeness (QED) is 0.712. The molecule has 1 aromatic heterocycles. The van der Waals surface area contributed by atoms with E-state index in [4.69, 9.17) is 11.6 Å². The number of halogens is 1. The first-order chi connectivity index (χ1) is 10.7. The van der Waals surface area contributed by atoms with Crippen molar-refractivity contribution in [2.24, 2.45) is 0 Å². The van der Waals surface area contributed by atoms with Gasteiger partial charge in [0.15, 0.2) is 0 Å². The van der Waals surface area contributed by atoms with Crippen LogP contribution in [-0.4, -0.2) is 11.5 Å². The lowest BCUT2D eigenvalue weighted by Crippen LogP contribution is -2.14. The van der Waals surface area contributed by atoms with Gasteiger partial charge >= 0.3 is 0 Å². The second-order valence-electron chi connectivity index (χ2n) is 6.34. The molecule has 0 spiro atoms. The molecule has 2 aromatic rings. The molecule has 3 heteroatoms. The Morgan fingerprint density at radius 2 is 2.09 bits per heavy atom. The van der Waals surface area contributed by atoms with Crippen LogP contribution in [0.3, 0.4) is 0 Å². The third-order valence-electron chi connectivity index (χ3n) is 4.69. The Morgan fingerprint density at radius 1 is 1.32 bits per heavy atom. The maximum Gasteiger partial charge on any atom is 0.0464 e. The summed E-state index contributed by atoms with van der Waals surface area (Å²) in [5, 5.41) is 5.45. The third kappa shape index (κ3) is 3.03. The number of hydrogen-bond acceptors (Lipinski definition) is 1. The van der Waals surface area contributed by atoms with E-state index >= 15 is 0 Å². The molecule has 1 saturated carbocycles. The lowest BCUT2D eigenvalue weighted by Gasteiger charge is -2.23. The Bertz CT molecular complexity index is 665. The fraction of sp³-hybridized carbons (Fsp3) is 0.474. The average Bonchev–Trinajstić information content (AvgIpc) is 2.92. The van der Waals surface area contributed by atoms with Crippen molar-refractivity contribution in [3.05, 3.63) is 41.1 Å². The molecule has 0 amide bonds. The molecule has 1 fully saturated rings. The molecule has 0 aliphatic heterocycles. The van der Waals surface area contributed by atoms with Gasteiger partial charge in [-0.3, -0.25) is 0 Å². The fourth-order valence-corrected chi connectivity index (χ4v) is 3.74. The monoisotopic (exact) mass is 316 g/mol. The van der Waals surface area contributed by atoms with Gasteiger partial charge in [0.05, 0.1) is 0 Å². The van der Waals surface area contributed by atoms with Gasteiger partial charge in [0.2, 0.25) is 0 Å². The zero-order valence-corrected chi connectivity index (χ0v) is 14.1. The minimum atomic E-state index is 0.620. The Kier molecular flexibility index (Phi) is 4.77. The molecule has 0 unspecified atom stereocenters. The predicted octanol–water partition coefficient (Wildman–Crippen LogP) is 5.84. The molecule has 22 heavy (non-hydrogen) atoms. The van der Waals surface area contributed by atoms with E-state index in [-0.39, 0.29) is 0 Å². The van der Waals surface area contributed by atoms with Gasteiger partial charge in [0.25, 0.3) is 0 Å². The van der Waals surface area contributed by atoms with Gasteiger partial charge in [-0.2, -0.15) is 0 Å². The first kappa shape index (κ1) is 15.5. The number of aromatic nitrogens is 1. The number of benzene rings is 1. The molecule has 1 aliphatic carbocycles. The van der Waals surface area contributed by atoms with E-state index in [1.807, 2.05) is 6.07 Å². The number of aromatic amines is 1. The van der Waals surface area contributed by atoms with Crippen molar-refractivity contribution in [2.45, 2.75) is 51.4 Å². The molecule has 2 N–H and O–H groups in total. The molecule has 1 aliphatic rings. The second-order valence-corrected chi connectivity index (χ2v) is 6.78. The molecular weight excluding hydrogens is 292 g/mol. The van der Waals surface area contributed by atoms with Crippen LogP contribution in [0.25, 0.3) is 16.6 Å². The summed E-state index contributed by atoms with van der Waals surface area (Å²) in [5.74, 6) is 0.620. The van der Waals surface area contributed by atoms with Crippen molar-refractivity contribution in [2.75, 3.05) is 6.54 Å². The van der Waals surface area contributed by atoms with Crippen molar-refractivity contribution in [3.8, 4) is 0 Å². The Hall–Kier alpha value is -1.41. The Balaban J connectivity index is 2.06. The van der Waals surface area contributed by atoms with Crippen LogP contribution >= 0.6 is 11.6 Å². The van der Waals surface area contributed by atoms with Crippen molar-refractivity contribution in [1.82, 2.24) is 10.3 Å². The molecule has 3 rings (SSSR count). The summed E-state index contributed by atoms with van der Waals surface area (Å²) in [6, 6.07) is 6.10. The normalized spacial score (nSPS) is 16.1. The van der Waals surface area contributed by atoms with Gasteiger partial charge < -0.3 is 10.3 Å². The van der Waals surface area contributed by atoms with Crippen LogP contribution in [0.5, 0.6) is 0 Å². The van der Waals surface area contributed by atoms with Crippen molar-refractivity contribution >= 4 is 28.2 Å². The molecule has 0 radical (unpaired) electrons. The second kappa shape index (κ2) is 6.78. The highest BCUT2D eigenvalue weighted by Crippen LogP contribution is 2.39. The number of hydrogen-bond donors (Lipinski definition) is 2. The maximum absolute atomic E-state index is 6.23. The van der Waals surface area contributed by atoms with Crippen molar-refractivity contribution in [1.29, 1.82) is 0 Å². The lowest BCUT2D eigenvalue weighted by molar-refractivity contribution is 0.437. The SMILES string of the molecule is C=C(NCCC)c1c(C2CCCCC2)[nH]c2ccc(Cl)cc12. The molecule has 0 atom stereocenters. The van der Waals surface area contributed by atoms with Crippen LogP contribution in [0, 0.1) is 0 Å². The maximum atomic E-state index is 6.23. The summed E-state index contributed by atoms with van der Waals surface area (Å²) in [6.45, 7) is 7.43. The smallest absolute Gasteiger partial charge is 0.0464 e. The summed E-state index contributed by atoms with van der Waals surface area (Å²) < 4.78 is 0. The standard InChI is InChI=1S/C19H25ClN2/c1-3-11-21-13(2)18-16-12-15(20)9-10-17(16)22-19(18)14-7-5-4-6-8-14/h9-10,12,14,21-22H,2-8,11H2,1H3. The summed E-state index contributed by atoms with van der Waals surface area (Å²) >= 11 is 6.23. The third-order valence-corrected chi connectivity index (χ3v) is 4.93. The summed E-state index contributed by atoms with van der Waals surface area (Å²) in [5.41, 5.74) is 4.79. The largest absolute Gasteiger partial charge is 0.385 e. The molecule has 2 nitrogen and oxygen atoms in total. The van der Waals surface area contributed by atoms with E-state index < -0.39 is 0 Å². The number of H-pyrrole nitrogens is 1. The lowest BCUT2D eigenvalue weighted by atomic mass is 9.85. The predicted molar refractivity (Wildman–Crippen MR) is 96.5 cm³/mol. The van der Waals surface area contributed by atoms with Gasteiger partial charge in [-0.05, 0) is 43.4 Å². The number of rotatable bonds is 5. The zero-order valence-electron chi connectivity index (χ0n) is 13.3. The summed E-state index contributed by atoms with van der Waals surface area (Å²) in [4.78, 5) is 3.66. The number of fused-ring (bicyclic) bond motifs is 1. The van der Waals surface area contributed by atoms with Crippen molar-refractivity contribution in [3.63, 3.8) is 0 Å². The minimum Gasteiger partial charge on any atom is -0.385 e. The van der Waals surface area contributed by atoms with E-state index in [0.717, 1.165) is 23.7 Å². The highest BCUT2D eigenvalue weighted by molar-refractivity contribution is 6.31. The molecule has 1 heterocycles. The minimum absolute atomic E-state index is 0.620. The van der Waals surface area contributed by atoms with E-state index in [2.05, 4.69) is 35.9 Å². The summed E-state index contributed by atoms with van der Waals surface area (Å²) in [6.07, 6.45) is 7.67. The van der Waals surface area contributed by atoms with Crippen LogP contribution in [-0.2, 0) is 0 Å². The van der Waals surface area contributed by atoms with Gasteiger partial charge in [0, 0.05) is 39.4 Å². The van der Waals surface area contributed by atoms with Crippen LogP contribution in [0.15, 0.2) is 24.8 Å². The Labute approximate surface area is 137 Å². The highest BCUT2D eigenvalue weighted by atomic mass is 35.5. The van der Waals surface area contributed by atoms with Crippen LogP contribution in [0.1, 0.15) is 62.6 Å². The van der Waals surface area contributed by atoms with E-state index in [1.165, 1.54) is 54.3 Å². The van der Waals surface area contributed by atoms with E-state index in [9.17, 15) is 0 Å². The summed E-state index contributed by atoms with van der Waals surface area (Å²) in [7, 11) is 0. The first-order valence-corrected chi connectivity index (χ1v) is 8.82. The number of nitrogens with one attached hydrogen (secondary N) is 2. The fourth-order valence-electron chi connectivity index (χ4n) is 3.57. The van der Waals surface area contributed by atoms with Gasteiger partial charge in [0.1, 0.15) is 0 Å². The molecule has 1 aromatic carbocycles. The molecule has 0 saturated heterocycles. The molecule has 118 valence electrons. The highest BCUT2D eigenvalue weighted by Gasteiger charge is 2.23. The van der Waals surface area contributed by atoms with E-state index in [0.29, 0.717) is 5.92 Å².